The molecule has 1 rings (SSSR count). The SMILES string of the molecule is COC(=O)/C=C/C(=O)NCCCCCC(=O)NC(C(=O)NCC(=O)Nc1ccc(CO)cc1)C(C)C. The van der Waals surface area contributed by atoms with E-state index in [4.69, 9.17) is 5.11 Å². The molecule has 5 N–H and O–H groups in total. The number of aliphatic hydroxyl groups is 1. The van der Waals surface area contributed by atoms with Crippen LogP contribution in [0.4, 0.5) is 5.69 Å². The zero-order chi connectivity index (χ0) is 26.9. The van der Waals surface area contributed by atoms with E-state index >= 15 is 0 Å². The molecule has 1 aromatic carbocycles. The largest absolute Gasteiger partial charge is 0.466 e. The first-order chi connectivity index (χ1) is 17.2. The Kier molecular flexibility index (Phi) is 14.2. The van der Waals surface area contributed by atoms with Crippen molar-refractivity contribution in [1.29, 1.82) is 0 Å². The number of methoxy groups -OCH3 is 1. The Balaban J connectivity index is 2.32. The fourth-order valence-electron chi connectivity index (χ4n) is 3.03. The predicted molar refractivity (Wildman–Crippen MR) is 133 cm³/mol. The minimum Gasteiger partial charge on any atom is -0.466 e. The maximum absolute atomic E-state index is 12.5. The highest BCUT2D eigenvalue weighted by atomic mass is 16.5. The van der Waals surface area contributed by atoms with Crippen LogP contribution in [-0.2, 0) is 35.3 Å². The van der Waals surface area contributed by atoms with Crippen molar-refractivity contribution < 1.29 is 33.8 Å². The number of rotatable bonds is 15. The van der Waals surface area contributed by atoms with Gasteiger partial charge in [0.05, 0.1) is 20.3 Å². The third kappa shape index (κ3) is 12.7. The summed E-state index contributed by atoms with van der Waals surface area (Å²) in [7, 11) is 1.22. The number of aliphatic hydroxyl groups excluding tert-OH is 1. The van der Waals surface area contributed by atoms with Crippen LogP contribution >= 0.6 is 0 Å². The van der Waals surface area contributed by atoms with Gasteiger partial charge in [0.2, 0.25) is 23.6 Å². The van der Waals surface area contributed by atoms with Crippen LogP contribution in [0.25, 0.3) is 0 Å². The summed E-state index contributed by atoms with van der Waals surface area (Å²) in [6.07, 6.45) is 4.25. The molecule has 0 saturated heterocycles. The van der Waals surface area contributed by atoms with Gasteiger partial charge in [0.25, 0.3) is 0 Å². The van der Waals surface area contributed by atoms with Gasteiger partial charge in [0.1, 0.15) is 6.04 Å². The first kappa shape index (κ1) is 30.3. The molecule has 1 aromatic rings. The van der Waals surface area contributed by atoms with Crippen molar-refractivity contribution in [2.75, 3.05) is 25.5 Å². The minimum absolute atomic E-state index is 0.0949. The zero-order valence-corrected chi connectivity index (χ0v) is 21.0. The van der Waals surface area contributed by atoms with Gasteiger partial charge in [-0.3, -0.25) is 19.2 Å². The number of amides is 4. The molecule has 0 bridgehead atoms. The average Bonchev–Trinajstić information content (AvgIpc) is 2.86. The second-order valence-corrected chi connectivity index (χ2v) is 8.37. The first-order valence-electron chi connectivity index (χ1n) is 11.8. The molecule has 1 unspecified atom stereocenters. The smallest absolute Gasteiger partial charge is 0.330 e. The Labute approximate surface area is 211 Å². The van der Waals surface area contributed by atoms with E-state index in [2.05, 4.69) is 26.0 Å². The normalized spacial score (nSPS) is 11.6. The molecule has 0 saturated carbocycles. The summed E-state index contributed by atoms with van der Waals surface area (Å²) < 4.78 is 4.40. The lowest BCUT2D eigenvalue weighted by Crippen LogP contribution is -2.51. The lowest BCUT2D eigenvalue weighted by Gasteiger charge is -2.21. The van der Waals surface area contributed by atoms with Crippen LogP contribution in [0.1, 0.15) is 45.1 Å². The summed E-state index contributed by atoms with van der Waals surface area (Å²) in [4.78, 5) is 59.4. The summed E-state index contributed by atoms with van der Waals surface area (Å²) in [5.74, 6) is -2.34. The van der Waals surface area contributed by atoms with Gasteiger partial charge in [0, 0.05) is 30.8 Å². The van der Waals surface area contributed by atoms with Crippen LogP contribution in [0.3, 0.4) is 0 Å². The Bertz CT molecular complexity index is 913. The van der Waals surface area contributed by atoms with E-state index < -0.39 is 29.7 Å². The second-order valence-electron chi connectivity index (χ2n) is 8.37. The average molecular weight is 505 g/mol. The van der Waals surface area contributed by atoms with Crippen LogP contribution in [-0.4, -0.2) is 60.9 Å². The molecule has 198 valence electrons. The number of ether oxygens (including phenoxy) is 1. The van der Waals surface area contributed by atoms with Crippen LogP contribution < -0.4 is 21.3 Å². The van der Waals surface area contributed by atoms with Crippen molar-refractivity contribution in [3.63, 3.8) is 0 Å². The molecule has 11 heteroatoms. The monoisotopic (exact) mass is 504 g/mol. The van der Waals surface area contributed by atoms with E-state index in [0.717, 1.165) is 12.2 Å². The van der Waals surface area contributed by atoms with E-state index in [9.17, 15) is 24.0 Å². The Morgan fingerprint density at radius 1 is 0.944 bits per heavy atom. The third-order valence-electron chi connectivity index (χ3n) is 5.06. The molecule has 4 amide bonds. The Morgan fingerprint density at radius 2 is 1.64 bits per heavy atom. The van der Waals surface area contributed by atoms with Gasteiger partial charge in [-0.15, -0.1) is 0 Å². The molecular formula is C25H36N4O7. The molecule has 0 radical (unpaired) electrons. The highest BCUT2D eigenvalue weighted by molar-refractivity contribution is 5.96. The number of carbonyl (C=O) groups is 5. The van der Waals surface area contributed by atoms with Gasteiger partial charge in [-0.25, -0.2) is 4.79 Å². The van der Waals surface area contributed by atoms with E-state index in [1.807, 2.05) is 0 Å². The van der Waals surface area contributed by atoms with Gasteiger partial charge in [-0.1, -0.05) is 32.4 Å². The van der Waals surface area contributed by atoms with Gasteiger partial charge in [0.15, 0.2) is 0 Å². The molecule has 0 spiro atoms. The highest BCUT2D eigenvalue weighted by Crippen LogP contribution is 2.09. The molecule has 36 heavy (non-hydrogen) atoms. The maximum Gasteiger partial charge on any atom is 0.330 e. The molecular weight excluding hydrogens is 468 g/mol. The van der Waals surface area contributed by atoms with Crippen LogP contribution in [0, 0.1) is 5.92 Å². The summed E-state index contributed by atoms with van der Waals surface area (Å²) in [6.45, 7) is 3.65. The number of esters is 1. The topological polar surface area (TPSA) is 163 Å². The number of benzene rings is 1. The van der Waals surface area contributed by atoms with E-state index in [0.29, 0.717) is 37.1 Å². The molecule has 1 atom stereocenters. The maximum atomic E-state index is 12.5. The summed E-state index contributed by atoms with van der Waals surface area (Å²) >= 11 is 0. The van der Waals surface area contributed by atoms with Crippen LogP contribution in [0.2, 0.25) is 0 Å². The van der Waals surface area contributed by atoms with Crippen molar-refractivity contribution in [3.05, 3.63) is 42.0 Å². The predicted octanol–water partition coefficient (Wildman–Crippen LogP) is 0.780. The van der Waals surface area contributed by atoms with Crippen molar-refractivity contribution >= 4 is 35.3 Å². The number of hydrogen-bond acceptors (Lipinski definition) is 7. The number of nitrogens with one attached hydrogen (secondary N) is 4. The number of unbranched alkanes of at least 4 members (excludes halogenated alkanes) is 2. The summed E-state index contributed by atoms with van der Waals surface area (Å²) in [5.41, 5.74) is 1.26. The fraction of sp³-hybridized carbons (Fsp3) is 0.480. The standard InChI is InChI=1S/C25H36N4O7/c1-17(2)24(25(35)27-15-22(33)28-19-10-8-18(16-30)9-11-19)29-21(32)7-5-4-6-14-26-20(31)12-13-23(34)36-3/h8-13,17,24,30H,4-7,14-16H2,1-3H3,(H,26,31)(H,27,35)(H,28,33)(H,29,32)/b13-12+. The lowest BCUT2D eigenvalue weighted by molar-refractivity contribution is -0.135. The van der Waals surface area contributed by atoms with Crippen LogP contribution in [0.5, 0.6) is 0 Å². The molecule has 0 aliphatic rings. The minimum atomic E-state index is -0.782. The number of anilines is 1. The number of hydrogen-bond donors (Lipinski definition) is 5. The van der Waals surface area contributed by atoms with Crippen molar-refractivity contribution in [2.45, 2.75) is 52.2 Å². The van der Waals surface area contributed by atoms with E-state index in [-0.39, 0.29) is 31.4 Å². The molecule has 0 aromatic heterocycles. The highest BCUT2D eigenvalue weighted by Gasteiger charge is 2.24. The first-order valence-corrected chi connectivity index (χ1v) is 11.8. The molecule has 11 nitrogen and oxygen atoms in total. The quantitative estimate of drug-likeness (QED) is 0.134. The molecule has 0 aliphatic heterocycles. The van der Waals surface area contributed by atoms with Crippen molar-refractivity contribution in [1.82, 2.24) is 16.0 Å². The lowest BCUT2D eigenvalue weighted by atomic mass is 10.0. The fourth-order valence-corrected chi connectivity index (χ4v) is 3.03. The van der Waals surface area contributed by atoms with Gasteiger partial charge >= 0.3 is 5.97 Å². The van der Waals surface area contributed by atoms with Gasteiger partial charge < -0.3 is 31.1 Å². The van der Waals surface area contributed by atoms with E-state index in [1.165, 1.54) is 7.11 Å². The third-order valence-corrected chi connectivity index (χ3v) is 5.06. The number of carbonyl (C=O) groups excluding carboxylic acids is 5. The van der Waals surface area contributed by atoms with Crippen molar-refractivity contribution in [3.8, 4) is 0 Å². The van der Waals surface area contributed by atoms with Gasteiger partial charge in [-0.05, 0) is 36.5 Å². The van der Waals surface area contributed by atoms with Gasteiger partial charge in [-0.2, -0.15) is 0 Å². The van der Waals surface area contributed by atoms with Crippen LogP contribution in [0.15, 0.2) is 36.4 Å². The Hall–Kier alpha value is -3.73. The van der Waals surface area contributed by atoms with Crippen molar-refractivity contribution in [2.24, 2.45) is 5.92 Å². The summed E-state index contributed by atoms with van der Waals surface area (Å²) in [5, 5.41) is 19.6. The summed E-state index contributed by atoms with van der Waals surface area (Å²) in [6, 6.07) is 5.88. The Morgan fingerprint density at radius 3 is 2.25 bits per heavy atom. The molecule has 0 fully saturated rings. The molecule has 0 heterocycles. The molecule has 0 aliphatic carbocycles. The zero-order valence-electron chi connectivity index (χ0n) is 21.0. The van der Waals surface area contributed by atoms with E-state index in [1.54, 1.807) is 38.1 Å². The second kappa shape index (κ2) is 16.8.